The predicted molar refractivity (Wildman–Crippen MR) is 128 cm³/mol. The normalized spacial score (nSPS) is 10.5. The molecule has 0 aliphatic carbocycles. The van der Waals surface area contributed by atoms with Gasteiger partial charge in [-0.3, -0.25) is 9.59 Å². The van der Waals surface area contributed by atoms with Crippen LogP contribution in [0.15, 0.2) is 84.9 Å². The Kier molecular flexibility index (Phi) is 6.89. The third-order valence-electron chi connectivity index (χ3n) is 5.26. The highest BCUT2D eigenvalue weighted by Crippen LogP contribution is 2.26. The minimum atomic E-state index is -0.116. The molecule has 0 saturated carbocycles. The molecule has 6 nitrogen and oxygen atoms in total. The van der Waals surface area contributed by atoms with Crippen molar-refractivity contribution in [3.05, 3.63) is 107 Å². The quantitative estimate of drug-likeness (QED) is 0.322. The van der Waals surface area contributed by atoms with E-state index < -0.39 is 0 Å². The van der Waals surface area contributed by atoms with Crippen LogP contribution in [0.25, 0.3) is 11.1 Å². The summed E-state index contributed by atoms with van der Waals surface area (Å²) in [6.45, 7) is 0.605. The fourth-order valence-electron chi connectivity index (χ4n) is 3.44. The van der Waals surface area contributed by atoms with Crippen LogP contribution in [0.1, 0.15) is 31.8 Å². The van der Waals surface area contributed by atoms with Gasteiger partial charge in [0.2, 0.25) is 0 Å². The van der Waals surface area contributed by atoms with E-state index in [2.05, 4.69) is 0 Å². The first kappa shape index (κ1) is 22.6. The Morgan fingerprint density at radius 2 is 1.03 bits per heavy atom. The van der Waals surface area contributed by atoms with Gasteiger partial charge in [0.15, 0.2) is 12.6 Å². The number of carbonyl (C=O) groups is 2. The second-order valence-corrected chi connectivity index (χ2v) is 7.66. The third-order valence-corrected chi connectivity index (χ3v) is 5.26. The molecule has 0 aliphatic heterocycles. The van der Waals surface area contributed by atoms with Crippen LogP contribution in [0.3, 0.4) is 0 Å². The van der Waals surface area contributed by atoms with Crippen molar-refractivity contribution in [2.75, 3.05) is 0 Å². The Morgan fingerprint density at radius 3 is 1.41 bits per heavy atom. The highest BCUT2D eigenvalue weighted by atomic mass is 16.5. The number of phenolic OH excluding ortho intramolecular Hbond substituents is 2. The summed E-state index contributed by atoms with van der Waals surface area (Å²) in [6, 6.07) is 25.0. The molecule has 4 rings (SSSR count). The second kappa shape index (κ2) is 10.4. The zero-order chi connectivity index (χ0) is 23.9. The summed E-state index contributed by atoms with van der Waals surface area (Å²) in [6.07, 6.45) is 1.18. The van der Waals surface area contributed by atoms with Crippen molar-refractivity contribution in [1.29, 1.82) is 0 Å². The highest BCUT2D eigenvalue weighted by Gasteiger charge is 2.06. The van der Waals surface area contributed by atoms with Crippen LogP contribution < -0.4 is 9.47 Å². The van der Waals surface area contributed by atoms with Gasteiger partial charge in [-0.25, -0.2) is 0 Å². The van der Waals surface area contributed by atoms with Crippen molar-refractivity contribution in [1.82, 2.24) is 0 Å². The minimum absolute atomic E-state index is 0.116. The van der Waals surface area contributed by atoms with E-state index in [9.17, 15) is 19.8 Å². The molecule has 0 spiro atoms. The smallest absolute Gasteiger partial charge is 0.153 e. The van der Waals surface area contributed by atoms with E-state index in [-0.39, 0.29) is 22.6 Å². The molecule has 0 unspecified atom stereocenters. The Bertz CT molecular complexity index is 1230. The molecule has 0 amide bonds. The lowest BCUT2D eigenvalue weighted by Gasteiger charge is -2.11. The van der Waals surface area contributed by atoms with Crippen molar-refractivity contribution in [3.8, 4) is 34.1 Å². The van der Waals surface area contributed by atoms with E-state index in [1.165, 1.54) is 24.3 Å². The molecule has 0 bridgehead atoms. The zero-order valence-corrected chi connectivity index (χ0v) is 18.2. The Labute approximate surface area is 196 Å². The van der Waals surface area contributed by atoms with Gasteiger partial charge < -0.3 is 19.7 Å². The topological polar surface area (TPSA) is 93.1 Å². The summed E-state index contributed by atoms with van der Waals surface area (Å²) in [5.41, 5.74) is 4.35. The first-order chi connectivity index (χ1) is 16.6. The average Bonchev–Trinajstić information content (AvgIpc) is 2.87. The maximum absolute atomic E-state index is 10.8. The lowest BCUT2D eigenvalue weighted by Crippen LogP contribution is -1.97. The average molecular weight is 454 g/mol. The van der Waals surface area contributed by atoms with Crippen LogP contribution >= 0.6 is 0 Å². The van der Waals surface area contributed by atoms with E-state index in [1.807, 2.05) is 48.5 Å². The van der Waals surface area contributed by atoms with Gasteiger partial charge in [-0.15, -0.1) is 0 Å². The number of hydrogen-bond donors (Lipinski definition) is 2. The van der Waals surface area contributed by atoms with Crippen molar-refractivity contribution < 1.29 is 29.3 Å². The SMILES string of the molecule is O=Cc1ccc(OCc2cccc(-c3cccc(COc4ccc(C=O)c(O)c4)c3)c2)cc1O. The van der Waals surface area contributed by atoms with Crippen molar-refractivity contribution in [2.45, 2.75) is 13.2 Å². The van der Waals surface area contributed by atoms with Crippen LogP contribution in [0, 0.1) is 0 Å². The number of ether oxygens (including phenoxy) is 2. The third kappa shape index (κ3) is 5.42. The molecule has 0 saturated heterocycles. The number of aromatic hydroxyl groups is 2. The molecule has 0 atom stereocenters. The molecule has 0 aliphatic rings. The van der Waals surface area contributed by atoms with Crippen molar-refractivity contribution >= 4 is 12.6 Å². The number of phenols is 2. The lowest BCUT2D eigenvalue weighted by atomic mass is 10.0. The van der Waals surface area contributed by atoms with Crippen molar-refractivity contribution in [2.24, 2.45) is 0 Å². The summed E-state index contributed by atoms with van der Waals surface area (Å²) < 4.78 is 11.5. The molecule has 0 heterocycles. The molecule has 0 fully saturated rings. The van der Waals surface area contributed by atoms with Gasteiger partial charge in [-0.1, -0.05) is 36.4 Å². The number of carbonyl (C=O) groups excluding carboxylic acids is 2. The Morgan fingerprint density at radius 1 is 0.588 bits per heavy atom. The highest BCUT2D eigenvalue weighted by molar-refractivity contribution is 5.80. The molecule has 2 N–H and O–H groups in total. The van der Waals surface area contributed by atoms with E-state index in [0.29, 0.717) is 37.3 Å². The summed E-state index contributed by atoms with van der Waals surface area (Å²) in [5, 5.41) is 19.6. The molecular weight excluding hydrogens is 432 g/mol. The summed E-state index contributed by atoms with van der Waals surface area (Å²) in [7, 11) is 0. The molecule has 0 radical (unpaired) electrons. The Balaban J connectivity index is 1.43. The van der Waals surface area contributed by atoms with Gasteiger partial charge >= 0.3 is 0 Å². The number of hydrogen-bond acceptors (Lipinski definition) is 6. The molecule has 170 valence electrons. The first-order valence-corrected chi connectivity index (χ1v) is 10.6. The summed E-state index contributed by atoms with van der Waals surface area (Å²) in [5.74, 6) is 0.713. The zero-order valence-electron chi connectivity index (χ0n) is 18.2. The monoisotopic (exact) mass is 454 g/mol. The second-order valence-electron chi connectivity index (χ2n) is 7.66. The van der Waals surface area contributed by atoms with Gasteiger partial charge in [-0.2, -0.15) is 0 Å². The molecular formula is C28H22O6. The molecule has 6 heteroatoms. The minimum Gasteiger partial charge on any atom is -0.507 e. The molecule has 4 aromatic rings. The van der Waals surface area contributed by atoms with Crippen molar-refractivity contribution in [3.63, 3.8) is 0 Å². The van der Waals surface area contributed by atoms with Crippen LogP contribution in [0.5, 0.6) is 23.0 Å². The molecule has 4 aromatic carbocycles. The summed E-state index contributed by atoms with van der Waals surface area (Å²) in [4.78, 5) is 21.7. The van der Waals surface area contributed by atoms with Gasteiger partial charge in [0.25, 0.3) is 0 Å². The maximum Gasteiger partial charge on any atom is 0.153 e. The van der Waals surface area contributed by atoms with Gasteiger partial charge in [0, 0.05) is 12.1 Å². The van der Waals surface area contributed by atoms with E-state index in [1.54, 1.807) is 12.1 Å². The Hall–Kier alpha value is -4.58. The van der Waals surface area contributed by atoms with Crippen LogP contribution in [0.4, 0.5) is 0 Å². The summed E-state index contributed by atoms with van der Waals surface area (Å²) >= 11 is 0. The van der Waals surface area contributed by atoms with E-state index >= 15 is 0 Å². The van der Waals surface area contributed by atoms with Gasteiger partial charge in [0.05, 0.1) is 11.1 Å². The van der Waals surface area contributed by atoms with E-state index in [4.69, 9.17) is 9.47 Å². The van der Waals surface area contributed by atoms with E-state index in [0.717, 1.165) is 22.3 Å². The fraction of sp³-hybridized carbons (Fsp3) is 0.0714. The van der Waals surface area contributed by atoms with Gasteiger partial charge in [0.1, 0.15) is 36.2 Å². The maximum atomic E-state index is 10.8. The fourth-order valence-corrected chi connectivity index (χ4v) is 3.44. The van der Waals surface area contributed by atoms with Crippen LogP contribution in [0.2, 0.25) is 0 Å². The number of benzene rings is 4. The standard InChI is InChI=1S/C28H22O6/c29-15-23-7-9-25(13-27(23)31)33-17-19-3-1-5-21(11-19)22-6-2-4-20(12-22)18-34-26-10-8-24(16-30)28(32)14-26/h1-16,31-32H,17-18H2. The van der Waals surface area contributed by atoms with Gasteiger partial charge in [-0.05, 0) is 58.7 Å². The predicted octanol–water partition coefficient (Wildman–Crippen LogP) is 5.55. The largest absolute Gasteiger partial charge is 0.507 e. The molecule has 0 aromatic heterocycles. The first-order valence-electron chi connectivity index (χ1n) is 10.6. The lowest BCUT2D eigenvalue weighted by molar-refractivity contribution is 0.111. The number of aldehydes is 2. The van der Waals surface area contributed by atoms with Crippen LogP contribution in [-0.2, 0) is 13.2 Å². The number of rotatable bonds is 9. The van der Waals surface area contributed by atoms with Crippen LogP contribution in [-0.4, -0.2) is 22.8 Å². The molecule has 34 heavy (non-hydrogen) atoms.